The molecule has 112 valence electrons. The lowest BCUT2D eigenvalue weighted by Crippen LogP contribution is -2.30. The molecule has 0 saturated carbocycles. The summed E-state index contributed by atoms with van der Waals surface area (Å²) in [5, 5.41) is 2.76. The molecule has 1 unspecified atom stereocenters. The van der Waals surface area contributed by atoms with Crippen LogP contribution in [0.2, 0.25) is 0 Å². The molecule has 0 spiro atoms. The van der Waals surface area contributed by atoms with Crippen molar-refractivity contribution in [3.63, 3.8) is 0 Å². The molecule has 5 heteroatoms. The largest absolute Gasteiger partial charge is 0.497 e. The second-order valence-electron chi connectivity index (χ2n) is 5.04. The minimum absolute atomic E-state index is 0.0635. The van der Waals surface area contributed by atoms with E-state index in [1.807, 2.05) is 0 Å². The van der Waals surface area contributed by atoms with Gasteiger partial charge in [-0.1, -0.05) is 13.8 Å². The Hall–Kier alpha value is -1.42. The molecule has 1 rings (SSSR count). The van der Waals surface area contributed by atoms with E-state index >= 15 is 0 Å². The van der Waals surface area contributed by atoms with Gasteiger partial charge >= 0.3 is 0 Å². The van der Waals surface area contributed by atoms with Crippen molar-refractivity contribution in [3.05, 3.63) is 23.8 Å². The lowest BCUT2D eigenvalue weighted by Gasteiger charge is -2.13. The Morgan fingerprint density at radius 2 is 1.75 bits per heavy atom. The number of benzene rings is 1. The zero-order valence-corrected chi connectivity index (χ0v) is 13.2. The number of ether oxygens (including phenoxy) is 2. The molecule has 0 aliphatic rings. The Bertz CT molecular complexity index is 426. The summed E-state index contributed by atoms with van der Waals surface area (Å²) < 4.78 is 10.3. The van der Waals surface area contributed by atoms with Crippen molar-refractivity contribution in [2.75, 3.05) is 20.8 Å². The summed E-state index contributed by atoms with van der Waals surface area (Å²) in [7, 11) is 3.10. The first-order valence-electron chi connectivity index (χ1n) is 6.61. The molecule has 1 aromatic carbocycles. The highest BCUT2D eigenvalue weighted by molar-refractivity contribution is 6.21. The topological polar surface area (TPSA) is 47.6 Å². The molecule has 0 radical (unpaired) electrons. The fourth-order valence-electron chi connectivity index (χ4n) is 1.84. The van der Waals surface area contributed by atoms with Crippen LogP contribution in [-0.2, 0) is 0 Å². The molecular formula is C15H22ClNO3. The average Bonchev–Trinajstić information content (AvgIpc) is 2.43. The maximum Gasteiger partial charge on any atom is 0.251 e. The van der Waals surface area contributed by atoms with Gasteiger partial charge in [0.15, 0.2) is 0 Å². The van der Waals surface area contributed by atoms with Gasteiger partial charge < -0.3 is 14.8 Å². The van der Waals surface area contributed by atoms with Crippen molar-refractivity contribution in [3.8, 4) is 11.5 Å². The Balaban J connectivity index is 2.67. The first-order chi connectivity index (χ1) is 9.46. The van der Waals surface area contributed by atoms with E-state index < -0.39 is 0 Å². The van der Waals surface area contributed by atoms with Gasteiger partial charge in [-0.3, -0.25) is 4.79 Å². The second-order valence-corrected chi connectivity index (χ2v) is 5.66. The number of hydrogen-bond donors (Lipinski definition) is 1. The lowest BCUT2D eigenvalue weighted by molar-refractivity contribution is 0.0952. The zero-order chi connectivity index (χ0) is 15.1. The molecule has 0 aliphatic carbocycles. The number of hydrogen-bond acceptors (Lipinski definition) is 3. The Morgan fingerprint density at radius 1 is 1.20 bits per heavy atom. The first kappa shape index (κ1) is 16.6. The minimum atomic E-state index is -0.184. The third-order valence-electron chi connectivity index (χ3n) is 2.82. The summed E-state index contributed by atoms with van der Waals surface area (Å²) >= 11 is 6.16. The average molecular weight is 300 g/mol. The van der Waals surface area contributed by atoms with Gasteiger partial charge in [-0.05, 0) is 24.5 Å². The van der Waals surface area contributed by atoms with E-state index in [1.54, 1.807) is 32.4 Å². The molecular weight excluding hydrogens is 278 g/mol. The SMILES string of the molecule is COc1cc(OC)cc(C(=O)NCC(Cl)CC(C)C)c1. The third kappa shape index (κ3) is 5.29. The molecule has 1 amide bonds. The fourth-order valence-corrected chi connectivity index (χ4v) is 2.27. The van der Waals surface area contributed by atoms with Crippen molar-refractivity contribution in [2.24, 2.45) is 5.92 Å². The van der Waals surface area contributed by atoms with E-state index in [9.17, 15) is 4.79 Å². The monoisotopic (exact) mass is 299 g/mol. The summed E-state index contributed by atoms with van der Waals surface area (Å²) in [5.41, 5.74) is 0.495. The van der Waals surface area contributed by atoms with Crippen LogP contribution < -0.4 is 14.8 Å². The number of amides is 1. The third-order valence-corrected chi connectivity index (χ3v) is 3.16. The molecule has 0 heterocycles. The van der Waals surface area contributed by atoms with Crippen LogP contribution in [0.4, 0.5) is 0 Å². The standard InChI is InChI=1S/C15H22ClNO3/c1-10(2)5-12(16)9-17-15(18)11-6-13(19-3)8-14(7-11)20-4/h6-8,10,12H,5,9H2,1-4H3,(H,17,18). The quantitative estimate of drug-likeness (QED) is 0.787. The normalized spacial score (nSPS) is 12.1. The van der Waals surface area contributed by atoms with Gasteiger partial charge in [0.25, 0.3) is 5.91 Å². The lowest BCUT2D eigenvalue weighted by atomic mass is 10.1. The molecule has 20 heavy (non-hydrogen) atoms. The summed E-state index contributed by atoms with van der Waals surface area (Å²) in [6, 6.07) is 5.06. The smallest absolute Gasteiger partial charge is 0.251 e. The number of halogens is 1. The molecule has 4 nitrogen and oxygen atoms in total. The van der Waals surface area contributed by atoms with E-state index in [4.69, 9.17) is 21.1 Å². The first-order valence-corrected chi connectivity index (χ1v) is 7.05. The van der Waals surface area contributed by atoms with E-state index in [0.717, 1.165) is 6.42 Å². The zero-order valence-electron chi connectivity index (χ0n) is 12.4. The number of nitrogens with one attached hydrogen (secondary N) is 1. The molecule has 0 saturated heterocycles. The van der Waals surface area contributed by atoms with Crippen molar-refractivity contribution in [1.29, 1.82) is 0 Å². The van der Waals surface area contributed by atoms with Gasteiger partial charge in [0.2, 0.25) is 0 Å². The van der Waals surface area contributed by atoms with Crippen molar-refractivity contribution < 1.29 is 14.3 Å². The van der Waals surface area contributed by atoms with E-state index in [1.165, 1.54) is 0 Å². The van der Waals surface area contributed by atoms with Gasteiger partial charge in [0.1, 0.15) is 11.5 Å². The van der Waals surface area contributed by atoms with E-state index in [2.05, 4.69) is 19.2 Å². The predicted molar refractivity (Wildman–Crippen MR) is 81.0 cm³/mol. The van der Waals surface area contributed by atoms with Gasteiger partial charge in [-0.2, -0.15) is 0 Å². The number of carbonyl (C=O) groups is 1. The molecule has 0 fully saturated rings. The number of methoxy groups -OCH3 is 2. The number of alkyl halides is 1. The summed E-state index contributed by atoms with van der Waals surface area (Å²) in [4.78, 5) is 12.1. The van der Waals surface area contributed by atoms with Crippen molar-refractivity contribution in [2.45, 2.75) is 25.6 Å². The van der Waals surface area contributed by atoms with Crippen LogP contribution in [0.3, 0.4) is 0 Å². The molecule has 1 atom stereocenters. The molecule has 0 aliphatic heterocycles. The Kier molecular flexibility index (Phi) is 6.65. The maximum atomic E-state index is 12.1. The highest BCUT2D eigenvalue weighted by Crippen LogP contribution is 2.22. The molecule has 1 N–H and O–H groups in total. The van der Waals surface area contributed by atoms with E-state index in [-0.39, 0.29) is 11.3 Å². The molecule has 1 aromatic rings. The summed E-state index contributed by atoms with van der Waals surface area (Å²) in [6.07, 6.45) is 0.864. The van der Waals surface area contributed by atoms with Gasteiger partial charge in [0.05, 0.1) is 19.6 Å². The summed E-state index contributed by atoms with van der Waals surface area (Å²) in [6.45, 7) is 4.65. The van der Waals surface area contributed by atoms with Crippen LogP contribution in [0.1, 0.15) is 30.6 Å². The van der Waals surface area contributed by atoms with Gasteiger partial charge in [-0.25, -0.2) is 0 Å². The molecule has 0 aromatic heterocycles. The van der Waals surface area contributed by atoms with Gasteiger partial charge in [-0.15, -0.1) is 11.6 Å². The molecule has 0 bridgehead atoms. The van der Waals surface area contributed by atoms with Crippen LogP contribution in [0.25, 0.3) is 0 Å². The number of carbonyl (C=O) groups excluding carboxylic acids is 1. The van der Waals surface area contributed by atoms with Crippen molar-refractivity contribution >= 4 is 17.5 Å². The van der Waals surface area contributed by atoms with Crippen LogP contribution in [0.15, 0.2) is 18.2 Å². The fraction of sp³-hybridized carbons (Fsp3) is 0.533. The Morgan fingerprint density at radius 3 is 2.20 bits per heavy atom. The highest BCUT2D eigenvalue weighted by atomic mass is 35.5. The second kappa shape index (κ2) is 8.00. The maximum absolute atomic E-state index is 12.1. The van der Waals surface area contributed by atoms with Crippen LogP contribution in [0.5, 0.6) is 11.5 Å². The minimum Gasteiger partial charge on any atom is -0.497 e. The highest BCUT2D eigenvalue weighted by Gasteiger charge is 2.12. The predicted octanol–water partition coefficient (Wildman–Crippen LogP) is 3.09. The van der Waals surface area contributed by atoms with Gasteiger partial charge in [0, 0.05) is 18.2 Å². The van der Waals surface area contributed by atoms with E-state index in [0.29, 0.717) is 29.5 Å². The summed E-state index contributed by atoms with van der Waals surface area (Å²) in [5.74, 6) is 1.49. The van der Waals surface area contributed by atoms with Crippen LogP contribution in [-0.4, -0.2) is 32.0 Å². The van der Waals surface area contributed by atoms with Crippen molar-refractivity contribution in [1.82, 2.24) is 5.32 Å². The van der Waals surface area contributed by atoms with Crippen LogP contribution in [0, 0.1) is 5.92 Å². The number of rotatable bonds is 7. The Labute approximate surface area is 125 Å². The van der Waals surface area contributed by atoms with Crippen LogP contribution >= 0.6 is 11.6 Å².